The minimum absolute atomic E-state index is 0.0558. The predicted octanol–water partition coefficient (Wildman–Crippen LogP) is 2.28. The average molecular weight is 344 g/mol. The van der Waals surface area contributed by atoms with Crippen LogP contribution in [-0.4, -0.2) is 37.5 Å². The van der Waals surface area contributed by atoms with Gasteiger partial charge in [-0.15, -0.1) is 0 Å². The lowest BCUT2D eigenvalue weighted by molar-refractivity contribution is -0.128. The zero-order valence-corrected chi connectivity index (χ0v) is 14.2. The third-order valence-electron chi connectivity index (χ3n) is 4.13. The van der Waals surface area contributed by atoms with Crippen LogP contribution in [0.1, 0.15) is 12.2 Å². The number of anilines is 1. The quantitative estimate of drug-likeness (QED) is 0.869. The van der Waals surface area contributed by atoms with Crippen molar-refractivity contribution in [3.63, 3.8) is 0 Å². The minimum atomic E-state index is -0.403. The summed E-state index contributed by atoms with van der Waals surface area (Å²) in [6.45, 7) is 0.745. The number of likely N-dealkylation sites (tertiary alicyclic amines) is 1. The Morgan fingerprint density at radius 3 is 2.60 bits per heavy atom. The molecule has 1 N–H and O–H groups in total. The lowest BCUT2D eigenvalue weighted by Gasteiger charge is -2.15. The molecule has 2 heterocycles. The van der Waals surface area contributed by atoms with Crippen LogP contribution in [0.5, 0.6) is 11.5 Å². The van der Waals surface area contributed by atoms with E-state index in [0.29, 0.717) is 36.0 Å². The molecule has 1 atom stereocenters. The molecule has 0 bridgehead atoms. The standard InChI is InChI=1S/C18H20N2O5/c1-23-15-7-13(8-16(9-15)24-2)19-18(22)12-6-17(21)20(10-12)11-14-4-3-5-25-14/h3-5,7-9,12H,6,10-11H2,1-2H3,(H,19,22)/t12-/m0/s1. The smallest absolute Gasteiger partial charge is 0.229 e. The Hall–Kier alpha value is -2.96. The largest absolute Gasteiger partial charge is 0.497 e. The van der Waals surface area contributed by atoms with E-state index in [1.165, 1.54) is 0 Å². The van der Waals surface area contributed by atoms with Crippen LogP contribution in [0.3, 0.4) is 0 Å². The number of nitrogens with zero attached hydrogens (tertiary/aromatic N) is 1. The lowest BCUT2D eigenvalue weighted by Crippen LogP contribution is -2.27. The maximum atomic E-state index is 12.5. The molecule has 3 rings (SSSR count). The maximum Gasteiger partial charge on any atom is 0.229 e. The number of carbonyl (C=O) groups is 2. The Morgan fingerprint density at radius 1 is 1.28 bits per heavy atom. The molecule has 1 aliphatic heterocycles. The fraction of sp³-hybridized carbons (Fsp3) is 0.333. The van der Waals surface area contributed by atoms with Crippen LogP contribution in [0, 0.1) is 5.92 Å². The van der Waals surface area contributed by atoms with Crippen molar-refractivity contribution in [1.29, 1.82) is 0 Å². The number of benzene rings is 1. The van der Waals surface area contributed by atoms with Gasteiger partial charge in [0.15, 0.2) is 0 Å². The van der Waals surface area contributed by atoms with Crippen molar-refractivity contribution in [1.82, 2.24) is 4.90 Å². The van der Waals surface area contributed by atoms with Gasteiger partial charge < -0.3 is 24.1 Å². The Labute approximate surface area is 145 Å². The van der Waals surface area contributed by atoms with Gasteiger partial charge in [0.1, 0.15) is 17.3 Å². The molecular formula is C18H20N2O5. The number of furan rings is 1. The molecule has 0 aliphatic carbocycles. The second-order valence-electron chi connectivity index (χ2n) is 5.85. The average Bonchev–Trinajstić information content (AvgIpc) is 3.25. The van der Waals surface area contributed by atoms with Gasteiger partial charge in [0, 0.05) is 36.9 Å². The summed E-state index contributed by atoms with van der Waals surface area (Å²) in [4.78, 5) is 26.3. The normalized spacial score (nSPS) is 16.8. The molecule has 7 heteroatoms. The third-order valence-corrected chi connectivity index (χ3v) is 4.13. The summed E-state index contributed by atoms with van der Waals surface area (Å²) < 4.78 is 15.7. The lowest BCUT2D eigenvalue weighted by atomic mass is 10.1. The van der Waals surface area contributed by atoms with Crippen LogP contribution >= 0.6 is 0 Å². The van der Waals surface area contributed by atoms with Crippen LogP contribution < -0.4 is 14.8 Å². The third kappa shape index (κ3) is 3.93. The molecule has 1 aromatic carbocycles. The molecule has 1 aliphatic rings. The number of rotatable bonds is 6. The van der Waals surface area contributed by atoms with E-state index in [1.807, 2.05) is 6.07 Å². The van der Waals surface area contributed by atoms with E-state index < -0.39 is 5.92 Å². The van der Waals surface area contributed by atoms with Gasteiger partial charge in [-0.05, 0) is 12.1 Å². The second-order valence-corrected chi connectivity index (χ2v) is 5.85. The van der Waals surface area contributed by atoms with E-state index in [9.17, 15) is 9.59 Å². The van der Waals surface area contributed by atoms with Crippen molar-refractivity contribution >= 4 is 17.5 Å². The van der Waals surface area contributed by atoms with E-state index in [-0.39, 0.29) is 18.2 Å². The van der Waals surface area contributed by atoms with Gasteiger partial charge in [0.05, 0.1) is 32.9 Å². The molecule has 132 valence electrons. The molecular weight excluding hydrogens is 324 g/mol. The number of carbonyl (C=O) groups excluding carboxylic acids is 2. The fourth-order valence-electron chi connectivity index (χ4n) is 2.82. The maximum absolute atomic E-state index is 12.5. The van der Waals surface area contributed by atoms with Gasteiger partial charge in [-0.25, -0.2) is 0 Å². The van der Waals surface area contributed by atoms with Crippen molar-refractivity contribution in [2.24, 2.45) is 5.92 Å². The van der Waals surface area contributed by atoms with E-state index in [2.05, 4.69) is 5.32 Å². The van der Waals surface area contributed by atoms with Gasteiger partial charge >= 0.3 is 0 Å². The highest BCUT2D eigenvalue weighted by Crippen LogP contribution is 2.27. The van der Waals surface area contributed by atoms with E-state index >= 15 is 0 Å². The van der Waals surface area contributed by atoms with Crippen LogP contribution in [-0.2, 0) is 16.1 Å². The highest BCUT2D eigenvalue weighted by atomic mass is 16.5. The Morgan fingerprint density at radius 2 is 2.00 bits per heavy atom. The molecule has 1 aromatic heterocycles. The number of methoxy groups -OCH3 is 2. The van der Waals surface area contributed by atoms with Crippen LogP contribution in [0.2, 0.25) is 0 Å². The Kier molecular flexibility index (Phi) is 4.92. The predicted molar refractivity (Wildman–Crippen MR) is 90.4 cm³/mol. The Balaban J connectivity index is 1.65. The SMILES string of the molecule is COc1cc(NC(=O)[C@H]2CC(=O)N(Cc3ccco3)C2)cc(OC)c1. The van der Waals surface area contributed by atoms with Crippen LogP contribution in [0.25, 0.3) is 0 Å². The summed E-state index contributed by atoms with van der Waals surface area (Å²) in [6.07, 6.45) is 1.75. The van der Waals surface area contributed by atoms with Crippen LogP contribution in [0.15, 0.2) is 41.0 Å². The van der Waals surface area contributed by atoms with Crippen molar-refractivity contribution in [3.05, 3.63) is 42.4 Å². The van der Waals surface area contributed by atoms with Gasteiger partial charge in [0.25, 0.3) is 0 Å². The highest BCUT2D eigenvalue weighted by Gasteiger charge is 2.34. The molecule has 1 fully saturated rings. The van der Waals surface area contributed by atoms with E-state index in [1.54, 1.807) is 49.6 Å². The summed E-state index contributed by atoms with van der Waals surface area (Å²) in [7, 11) is 3.09. The number of ether oxygens (including phenoxy) is 2. The molecule has 1 saturated heterocycles. The Bertz CT molecular complexity index is 735. The van der Waals surface area contributed by atoms with Crippen molar-refractivity contribution in [2.45, 2.75) is 13.0 Å². The fourth-order valence-corrected chi connectivity index (χ4v) is 2.82. The van der Waals surface area contributed by atoms with Gasteiger partial charge in [-0.1, -0.05) is 0 Å². The molecule has 0 radical (unpaired) electrons. The van der Waals surface area contributed by atoms with Crippen molar-refractivity contribution in [3.8, 4) is 11.5 Å². The van der Waals surface area contributed by atoms with E-state index in [4.69, 9.17) is 13.9 Å². The molecule has 25 heavy (non-hydrogen) atoms. The summed E-state index contributed by atoms with van der Waals surface area (Å²) in [5, 5.41) is 2.83. The minimum Gasteiger partial charge on any atom is -0.497 e. The summed E-state index contributed by atoms with van der Waals surface area (Å²) in [5.41, 5.74) is 0.568. The summed E-state index contributed by atoms with van der Waals surface area (Å²) >= 11 is 0. The number of nitrogens with one attached hydrogen (secondary N) is 1. The zero-order valence-electron chi connectivity index (χ0n) is 14.2. The number of amides is 2. The number of hydrogen-bond donors (Lipinski definition) is 1. The summed E-state index contributed by atoms with van der Waals surface area (Å²) in [5.74, 6) is 1.20. The van der Waals surface area contributed by atoms with Crippen LogP contribution in [0.4, 0.5) is 5.69 Å². The number of hydrogen-bond acceptors (Lipinski definition) is 5. The summed E-state index contributed by atoms with van der Waals surface area (Å²) in [6, 6.07) is 8.72. The molecule has 0 spiro atoms. The van der Waals surface area contributed by atoms with E-state index in [0.717, 1.165) is 0 Å². The van der Waals surface area contributed by atoms with Gasteiger partial charge in [-0.3, -0.25) is 9.59 Å². The topological polar surface area (TPSA) is 81.0 Å². The zero-order chi connectivity index (χ0) is 17.8. The van der Waals surface area contributed by atoms with Crippen molar-refractivity contribution < 1.29 is 23.5 Å². The highest BCUT2D eigenvalue weighted by molar-refractivity contribution is 5.97. The van der Waals surface area contributed by atoms with Gasteiger partial charge in [-0.2, -0.15) is 0 Å². The monoisotopic (exact) mass is 344 g/mol. The molecule has 0 saturated carbocycles. The first kappa shape index (κ1) is 16.9. The van der Waals surface area contributed by atoms with Crippen molar-refractivity contribution in [2.75, 3.05) is 26.1 Å². The first-order valence-corrected chi connectivity index (χ1v) is 7.93. The molecule has 7 nitrogen and oxygen atoms in total. The molecule has 2 amide bonds. The molecule has 0 unspecified atom stereocenters. The first-order valence-electron chi connectivity index (χ1n) is 7.93. The van der Waals surface area contributed by atoms with Gasteiger partial charge in [0.2, 0.25) is 11.8 Å². The molecule has 2 aromatic rings. The first-order chi connectivity index (χ1) is 12.1. The second kappa shape index (κ2) is 7.29.